The third-order valence-corrected chi connectivity index (χ3v) is 4.18. The van der Waals surface area contributed by atoms with Gasteiger partial charge in [-0.05, 0) is 32.9 Å². The predicted octanol–water partition coefficient (Wildman–Crippen LogP) is 1.10. The minimum Gasteiger partial charge on any atom is -0.337 e. The van der Waals surface area contributed by atoms with Gasteiger partial charge in [-0.15, -0.1) is 0 Å². The van der Waals surface area contributed by atoms with Crippen molar-refractivity contribution in [2.45, 2.75) is 25.8 Å². The van der Waals surface area contributed by atoms with Crippen molar-refractivity contribution in [3.05, 3.63) is 23.5 Å². The van der Waals surface area contributed by atoms with Crippen LogP contribution in [0.5, 0.6) is 0 Å². The van der Waals surface area contributed by atoms with Crippen molar-refractivity contribution in [1.29, 1.82) is 0 Å². The summed E-state index contributed by atoms with van der Waals surface area (Å²) in [6.45, 7) is 3.49. The maximum Gasteiger partial charge on any atom is 0.254 e. The quantitative estimate of drug-likeness (QED) is 0.898. The summed E-state index contributed by atoms with van der Waals surface area (Å²) in [6, 6.07) is 2.25. The van der Waals surface area contributed by atoms with E-state index in [1.54, 1.807) is 10.9 Å². The highest BCUT2D eigenvalue weighted by atomic mass is 16.2. The first-order valence-electron chi connectivity index (χ1n) is 7.36. The van der Waals surface area contributed by atoms with Crippen molar-refractivity contribution in [2.75, 3.05) is 20.1 Å². The van der Waals surface area contributed by atoms with Gasteiger partial charge >= 0.3 is 0 Å². The largest absolute Gasteiger partial charge is 0.337 e. The maximum absolute atomic E-state index is 12.9. The molecular formula is C15H21N5O. The lowest BCUT2D eigenvalue weighted by Crippen LogP contribution is -2.47. The molecule has 1 aliphatic rings. The van der Waals surface area contributed by atoms with Gasteiger partial charge in [0, 0.05) is 31.9 Å². The maximum atomic E-state index is 12.9. The monoisotopic (exact) mass is 287 g/mol. The van der Waals surface area contributed by atoms with E-state index in [9.17, 15) is 4.79 Å². The molecule has 1 unspecified atom stereocenters. The van der Waals surface area contributed by atoms with Crippen LogP contribution < -0.4 is 5.32 Å². The van der Waals surface area contributed by atoms with E-state index in [0.29, 0.717) is 11.6 Å². The van der Waals surface area contributed by atoms with Crippen molar-refractivity contribution < 1.29 is 4.79 Å². The molecule has 6 nitrogen and oxygen atoms in total. The summed E-state index contributed by atoms with van der Waals surface area (Å²) in [5.41, 5.74) is 2.32. The molecule has 2 aromatic heterocycles. The molecule has 3 heterocycles. The third-order valence-electron chi connectivity index (χ3n) is 4.18. The number of carbonyl (C=O) groups excluding carboxylic acids is 1. The van der Waals surface area contributed by atoms with Gasteiger partial charge in [0.15, 0.2) is 5.65 Å². The zero-order chi connectivity index (χ0) is 15.0. The second kappa shape index (κ2) is 5.44. The lowest BCUT2D eigenvalue weighted by molar-refractivity contribution is 0.0700. The topological polar surface area (TPSA) is 63.1 Å². The summed E-state index contributed by atoms with van der Waals surface area (Å²) in [6.07, 6.45) is 3.89. The Labute approximate surface area is 124 Å². The molecule has 1 N–H and O–H groups in total. The van der Waals surface area contributed by atoms with E-state index in [-0.39, 0.29) is 5.91 Å². The van der Waals surface area contributed by atoms with Gasteiger partial charge in [-0.2, -0.15) is 5.10 Å². The second-order valence-corrected chi connectivity index (χ2v) is 5.70. The Hall–Kier alpha value is -1.95. The molecule has 3 rings (SSSR count). The van der Waals surface area contributed by atoms with Gasteiger partial charge in [-0.3, -0.25) is 9.48 Å². The number of aryl methyl sites for hydroxylation is 2. The number of piperidine rings is 1. The van der Waals surface area contributed by atoms with Crippen LogP contribution in [0.4, 0.5) is 0 Å². The van der Waals surface area contributed by atoms with Crippen molar-refractivity contribution in [3.63, 3.8) is 0 Å². The Bertz CT molecular complexity index is 678. The van der Waals surface area contributed by atoms with Crippen LogP contribution in [0.2, 0.25) is 0 Å². The summed E-state index contributed by atoms with van der Waals surface area (Å²) in [4.78, 5) is 19.3. The number of likely N-dealkylation sites (N-methyl/N-ethyl adjacent to an activating group) is 1. The van der Waals surface area contributed by atoms with E-state index in [2.05, 4.69) is 15.4 Å². The fourth-order valence-electron chi connectivity index (χ4n) is 2.98. The van der Waals surface area contributed by atoms with Crippen molar-refractivity contribution in [2.24, 2.45) is 7.05 Å². The molecule has 2 aromatic rings. The summed E-state index contributed by atoms with van der Waals surface area (Å²) < 4.78 is 1.71. The minimum atomic E-state index is 0.0819. The highest BCUT2D eigenvalue weighted by molar-refractivity contribution is 6.05. The smallest absolute Gasteiger partial charge is 0.254 e. The van der Waals surface area contributed by atoms with Gasteiger partial charge in [0.2, 0.25) is 0 Å². The Morgan fingerprint density at radius 3 is 3.05 bits per heavy atom. The number of pyridine rings is 1. The molecule has 0 aliphatic carbocycles. The van der Waals surface area contributed by atoms with E-state index in [1.165, 1.54) is 0 Å². The van der Waals surface area contributed by atoms with Crippen LogP contribution in [0, 0.1) is 6.92 Å². The van der Waals surface area contributed by atoms with Gasteiger partial charge in [-0.1, -0.05) is 0 Å². The Balaban J connectivity index is 1.97. The first-order valence-corrected chi connectivity index (χ1v) is 7.36. The highest BCUT2D eigenvalue weighted by Gasteiger charge is 2.25. The normalized spacial score (nSPS) is 19.2. The summed E-state index contributed by atoms with van der Waals surface area (Å²) in [5.74, 6) is 0.0819. The second-order valence-electron chi connectivity index (χ2n) is 5.70. The minimum absolute atomic E-state index is 0.0819. The number of carbonyl (C=O) groups is 1. The molecule has 0 spiro atoms. The molecule has 1 atom stereocenters. The van der Waals surface area contributed by atoms with E-state index in [0.717, 1.165) is 42.7 Å². The average Bonchev–Trinajstić information content (AvgIpc) is 2.87. The lowest BCUT2D eigenvalue weighted by atomic mass is 10.0. The lowest BCUT2D eigenvalue weighted by Gasteiger charge is -2.32. The molecule has 1 saturated heterocycles. The fourth-order valence-corrected chi connectivity index (χ4v) is 2.98. The van der Waals surface area contributed by atoms with Gasteiger partial charge < -0.3 is 10.2 Å². The number of nitrogens with zero attached hydrogens (tertiary/aromatic N) is 4. The fraction of sp³-hybridized carbons (Fsp3) is 0.533. The predicted molar refractivity (Wildman–Crippen MR) is 81.2 cm³/mol. The molecule has 6 heteroatoms. The Morgan fingerprint density at radius 1 is 1.48 bits per heavy atom. The molecule has 112 valence electrons. The Kier molecular flexibility index (Phi) is 3.63. The Morgan fingerprint density at radius 2 is 2.29 bits per heavy atom. The summed E-state index contributed by atoms with van der Waals surface area (Å²) >= 11 is 0. The van der Waals surface area contributed by atoms with E-state index >= 15 is 0 Å². The summed E-state index contributed by atoms with van der Waals surface area (Å²) in [5, 5.41) is 8.33. The molecule has 1 fully saturated rings. The molecule has 1 amide bonds. The first kappa shape index (κ1) is 14.0. The van der Waals surface area contributed by atoms with Crippen LogP contribution >= 0.6 is 0 Å². The molecule has 0 radical (unpaired) electrons. The van der Waals surface area contributed by atoms with Gasteiger partial charge in [0.05, 0.1) is 17.1 Å². The van der Waals surface area contributed by atoms with Crippen LogP contribution in [-0.2, 0) is 7.05 Å². The number of likely N-dealkylation sites (tertiary alicyclic amines) is 1. The van der Waals surface area contributed by atoms with E-state index in [4.69, 9.17) is 0 Å². The van der Waals surface area contributed by atoms with Crippen LogP contribution in [0.3, 0.4) is 0 Å². The molecule has 0 bridgehead atoms. The SMILES string of the molecule is CNC1CCCN(C(=O)c2cc(C)nc3c2cnn3C)C1. The van der Waals surface area contributed by atoms with Crippen molar-refractivity contribution >= 4 is 16.9 Å². The standard InChI is InChI=1S/C15H21N5O/c1-10-7-12(13-8-17-19(3)14(13)18-10)15(21)20-6-4-5-11(9-20)16-2/h7-8,11,16H,4-6,9H2,1-3H3. The van der Waals surface area contributed by atoms with Gasteiger partial charge in [-0.25, -0.2) is 4.98 Å². The average molecular weight is 287 g/mol. The van der Waals surface area contributed by atoms with Gasteiger partial charge in [0.25, 0.3) is 5.91 Å². The van der Waals surface area contributed by atoms with Gasteiger partial charge in [0.1, 0.15) is 0 Å². The number of nitrogens with one attached hydrogen (secondary N) is 1. The molecule has 21 heavy (non-hydrogen) atoms. The number of hydrogen-bond donors (Lipinski definition) is 1. The van der Waals surface area contributed by atoms with Crippen LogP contribution in [0.15, 0.2) is 12.3 Å². The van der Waals surface area contributed by atoms with E-state index < -0.39 is 0 Å². The number of hydrogen-bond acceptors (Lipinski definition) is 4. The number of aromatic nitrogens is 3. The van der Waals surface area contributed by atoms with Crippen molar-refractivity contribution in [3.8, 4) is 0 Å². The first-order chi connectivity index (χ1) is 10.1. The number of amides is 1. The molecule has 1 aliphatic heterocycles. The number of fused-ring (bicyclic) bond motifs is 1. The summed E-state index contributed by atoms with van der Waals surface area (Å²) in [7, 11) is 3.80. The molecule has 0 saturated carbocycles. The van der Waals surface area contributed by atoms with Crippen LogP contribution in [0.1, 0.15) is 28.9 Å². The zero-order valence-corrected chi connectivity index (χ0v) is 12.8. The third kappa shape index (κ3) is 2.51. The van der Waals surface area contributed by atoms with Crippen LogP contribution in [-0.4, -0.2) is 51.8 Å². The van der Waals surface area contributed by atoms with Crippen molar-refractivity contribution in [1.82, 2.24) is 25.0 Å². The number of rotatable bonds is 2. The highest BCUT2D eigenvalue weighted by Crippen LogP contribution is 2.21. The van der Waals surface area contributed by atoms with Crippen LogP contribution in [0.25, 0.3) is 11.0 Å². The zero-order valence-electron chi connectivity index (χ0n) is 12.8. The molecular weight excluding hydrogens is 266 g/mol. The van der Waals surface area contributed by atoms with E-state index in [1.807, 2.05) is 32.0 Å². The molecule has 0 aromatic carbocycles.